The van der Waals surface area contributed by atoms with Crippen LogP contribution in [-0.4, -0.2) is 16.3 Å². The number of hydrogen-bond donors (Lipinski definition) is 1. The van der Waals surface area contributed by atoms with Gasteiger partial charge in [0.05, 0.1) is 0 Å². The summed E-state index contributed by atoms with van der Waals surface area (Å²) in [6.45, 7) is 2.11. The predicted octanol–water partition coefficient (Wildman–Crippen LogP) is 0.625. The maximum absolute atomic E-state index is 5.69. The van der Waals surface area contributed by atoms with Gasteiger partial charge in [0.1, 0.15) is 0 Å². The van der Waals surface area contributed by atoms with Crippen molar-refractivity contribution in [3.63, 3.8) is 0 Å². The monoisotopic (exact) mass is 147 g/mol. The molecule has 0 amide bonds. The number of hydrogen-bond acceptors (Lipinski definition) is 1. The maximum Gasteiger partial charge on any atom is 0.175 e. The van der Waals surface area contributed by atoms with Crippen LogP contribution in [0.3, 0.4) is 0 Å². The highest BCUT2D eigenvalue weighted by molar-refractivity contribution is 6.32. The molecular formula is C8H10AlN. The first kappa shape index (κ1) is 7.66. The summed E-state index contributed by atoms with van der Waals surface area (Å²) in [5.41, 5.74) is 7.82. The van der Waals surface area contributed by atoms with Gasteiger partial charge in [-0.25, -0.2) is 0 Å². The van der Waals surface area contributed by atoms with E-state index in [9.17, 15) is 0 Å². The van der Waals surface area contributed by atoms with E-state index in [2.05, 4.69) is 29.3 Å². The third-order valence-electron chi connectivity index (χ3n) is 1.55. The van der Waals surface area contributed by atoms with Gasteiger partial charge in [-0.1, -0.05) is 19.1 Å². The standard InChI is InChI=1S/C8H10N.Al/c1-2-7-5-3-4-6-8(7)9;/h4-6H,2,9H2,1H3;. The summed E-state index contributed by atoms with van der Waals surface area (Å²) >= 11 is 2.66. The fourth-order valence-corrected chi connectivity index (χ4v) is 1.23. The molecule has 0 spiro atoms. The Morgan fingerprint density at radius 1 is 1.50 bits per heavy atom. The summed E-state index contributed by atoms with van der Waals surface area (Å²) in [5.74, 6) is 0. The molecule has 10 heavy (non-hydrogen) atoms. The molecule has 0 aromatic heterocycles. The second kappa shape index (κ2) is 3.10. The van der Waals surface area contributed by atoms with Gasteiger partial charge in [-0.15, -0.1) is 4.43 Å². The van der Waals surface area contributed by atoms with E-state index in [4.69, 9.17) is 5.73 Å². The Morgan fingerprint density at radius 3 is 2.70 bits per heavy atom. The quantitative estimate of drug-likeness (QED) is 0.457. The molecule has 1 aromatic carbocycles. The van der Waals surface area contributed by atoms with Gasteiger partial charge < -0.3 is 5.73 Å². The van der Waals surface area contributed by atoms with Crippen LogP contribution in [0.2, 0.25) is 0 Å². The van der Waals surface area contributed by atoms with Crippen molar-refractivity contribution >= 4 is 26.4 Å². The summed E-state index contributed by atoms with van der Waals surface area (Å²) in [6.07, 6.45) is 1.01. The van der Waals surface area contributed by atoms with Crippen LogP contribution in [-0.2, 0) is 6.42 Å². The first-order valence-corrected chi connectivity index (χ1v) is 3.95. The van der Waals surface area contributed by atoms with Crippen molar-refractivity contribution in [3.05, 3.63) is 23.8 Å². The highest BCUT2D eigenvalue weighted by Crippen LogP contribution is 2.08. The largest absolute Gasteiger partial charge is 0.399 e. The molecule has 0 fully saturated rings. The Hall–Kier alpha value is -0.448. The van der Waals surface area contributed by atoms with Gasteiger partial charge in [0, 0.05) is 5.69 Å². The smallest absolute Gasteiger partial charge is 0.175 e. The third-order valence-corrected chi connectivity index (χ3v) is 1.91. The number of nitrogens with two attached hydrogens (primary N) is 1. The summed E-state index contributed by atoms with van der Waals surface area (Å²) in [4.78, 5) is 0. The van der Waals surface area contributed by atoms with Crippen LogP contribution in [0, 0.1) is 0 Å². The summed E-state index contributed by atoms with van der Waals surface area (Å²) in [5, 5.41) is 0. The fourth-order valence-electron chi connectivity index (χ4n) is 0.932. The summed E-state index contributed by atoms with van der Waals surface area (Å²) in [7, 11) is 0. The van der Waals surface area contributed by atoms with E-state index in [1.54, 1.807) is 0 Å². The fraction of sp³-hybridized carbons (Fsp3) is 0.250. The minimum atomic E-state index is 0.897. The first-order chi connectivity index (χ1) is 4.74. The van der Waals surface area contributed by atoms with Gasteiger partial charge in [0.25, 0.3) is 0 Å². The highest BCUT2D eigenvalue weighted by atomic mass is 27.0. The molecule has 50 valence electrons. The first-order valence-electron chi connectivity index (χ1n) is 3.38. The van der Waals surface area contributed by atoms with Crippen LogP contribution in [0.4, 0.5) is 5.69 Å². The Morgan fingerprint density at radius 2 is 2.20 bits per heavy atom. The average molecular weight is 147 g/mol. The normalized spacial score (nSPS) is 9.70. The Bertz CT molecular complexity index is 233. The Balaban J connectivity index is 3.09. The molecule has 0 atom stereocenters. The molecule has 0 aliphatic carbocycles. The second-order valence-electron chi connectivity index (χ2n) is 2.31. The number of aryl methyl sites for hydroxylation is 1. The molecule has 0 aliphatic heterocycles. The van der Waals surface area contributed by atoms with Crippen LogP contribution >= 0.6 is 0 Å². The Kier molecular flexibility index (Phi) is 2.37. The minimum absolute atomic E-state index is 0.897. The van der Waals surface area contributed by atoms with Crippen molar-refractivity contribution < 1.29 is 0 Å². The molecule has 0 bridgehead atoms. The molecule has 0 saturated heterocycles. The molecule has 0 unspecified atom stereocenters. The van der Waals surface area contributed by atoms with Crippen molar-refractivity contribution in [2.75, 3.05) is 5.73 Å². The predicted molar refractivity (Wildman–Crippen MR) is 45.6 cm³/mol. The lowest BCUT2D eigenvalue weighted by molar-refractivity contribution is 1.15. The van der Waals surface area contributed by atoms with E-state index >= 15 is 0 Å². The van der Waals surface area contributed by atoms with E-state index in [1.807, 2.05) is 12.1 Å². The zero-order valence-electron chi connectivity index (χ0n) is 6.09. The third kappa shape index (κ3) is 1.53. The lowest BCUT2D eigenvalue weighted by Gasteiger charge is -2.02. The van der Waals surface area contributed by atoms with Crippen LogP contribution in [0.1, 0.15) is 12.5 Å². The van der Waals surface area contributed by atoms with Crippen molar-refractivity contribution in [3.8, 4) is 0 Å². The van der Waals surface area contributed by atoms with E-state index in [0.717, 1.165) is 12.1 Å². The zero-order valence-corrected chi connectivity index (χ0v) is 7.25. The maximum atomic E-state index is 5.69. The van der Waals surface area contributed by atoms with Gasteiger partial charge in [-0.05, 0) is 18.1 Å². The van der Waals surface area contributed by atoms with Crippen molar-refractivity contribution in [1.82, 2.24) is 0 Å². The molecule has 0 heterocycles. The molecule has 2 heteroatoms. The molecular weight excluding hydrogens is 137 g/mol. The minimum Gasteiger partial charge on any atom is -0.399 e. The van der Waals surface area contributed by atoms with E-state index in [1.165, 1.54) is 9.99 Å². The van der Waals surface area contributed by atoms with Crippen LogP contribution in [0.5, 0.6) is 0 Å². The van der Waals surface area contributed by atoms with Crippen molar-refractivity contribution in [1.29, 1.82) is 0 Å². The van der Waals surface area contributed by atoms with Gasteiger partial charge in [-0.2, -0.15) is 0 Å². The number of anilines is 1. The van der Waals surface area contributed by atoms with Gasteiger partial charge in [-0.3, -0.25) is 0 Å². The van der Waals surface area contributed by atoms with E-state index in [0.29, 0.717) is 0 Å². The summed E-state index contributed by atoms with van der Waals surface area (Å²) in [6, 6.07) is 6.04. The lowest BCUT2D eigenvalue weighted by Crippen LogP contribution is -2.04. The van der Waals surface area contributed by atoms with E-state index < -0.39 is 0 Å². The molecule has 1 nitrogen and oxygen atoms in total. The number of rotatable bonds is 1. The van der Waals surface area contributed by atoms with Gasteiger partial charge in [0.2, 0.25) is 0 Å². The van der Waals surface area contributed by atoms with Crippen LogP contribution < -0.4 is 10.2 Å². The number of benzene rings is 1. The zero-order chi connectivity index (χ0) is 7.56. The molecule has 1 rings (SSSR count). The summed E-state index contributed by atoms with van der Waals surface area (Å²) < 4.78 is 1.20. The van der Waals surface area contributed by atoms with Gasteiger partial charge in [0.15, 0.2) is 16.3 Å². The molecule has 0 aliphatic rings. The molecule has 1 aromatic rings. The lowest BCUT2D eigenvalue weighted by atomic mass is 10.1. The van der Waals surface area contributed by atoms with Crippen LogP contribution in [0.15, 0.2) is 18.2 Å². The topological polar surface area (TPSA) is 26.0 Å². The molecule has 0 saturated carbocycles. The van der Waals surface area contributed by atoms with E-state index in [-0.39, 0.29) is 0 Å². The van der Waals surface area contributed by atoms with Gasteiger partial charge >= 0.3 is 0 Å². The van der Waals surface area contributed by atoms with Crippen molar-refractivity contribution in [2.24, 2.45) is 0 Å². The number of nitrogen functional groups attached to an aromatic ring is 1. The van der Waals surface area contributed by atoms with Crippen molar-refractivity contribution in [2.45, 2.75) is 13.3 Å². The highest BCUT2D eigenvalue weighted by Gasteiger charge is 1.93. The van der Waals surface area contributed by atoms with Crippen LogP contribution in [0.25, 0.3) is 0 Å². The average Bonchev–Trinajstić information content (AvgIpc) is 1.94. The Labute approximate surface area is 69.7 Å². The second-order valence-corrected chi connectivity index (χ2v) is 2.98. The molecule has 2 N–H and O–H groups in total. The molecule has 2 radical (unpaired) electrons. The SMILES string of the molecule is CCc1c[c]([Al])ccc1N.